The van der Waals surface area contributed by atoms with Crippen molar-refractivity contribution in [2.24, 2.45) is 21.7 Å². The van der Waals surface area contributed by atoms with Gasteiger partial charge in [0.15, 0.2) is 11.5 Å². The second-order valence-electron chi connectivity index (χ2n) is 3.46. The van der Waals surface area contributed by atoms with Crippen LogP contribution in [-0.2, 0) is 0 Å². The summed E-state index contributed by atoms with van der Waals surface area (Å²) in [5, 5.41) is 7.31. The smallest absolute Gasteiger partial charge is 0.211 e. The average Bonchev–Trinajstić information content (AvgIpc) is 2.34. The fourth-order valence-electron chi connectivity index (χ4n) is 1.34. The molecule has 0 bridgehead atoms. The zero-order valence-corrected chi connectivity index (χ0v) is 12.5. The minimum atomic E-state index is -0.0941. The van der Waals surface area contributed by atoms with E-state index < -0.39 is 0 Å². The monoisotopic (exact) mass is 328 g/mol. The van der Waals surface area contributed by atoms with Gasteiger partial charge in [-0.1, -0.05) is 0 Å². The van der Waals surface area contributed by atoms with Gasteiger partial charge in [-0.3, -0.25) is 0 Å². The highest BCUT2D eigenvalue weighted by molar-refractivity contribution is 9.10. The van der Waals surface area contributed by atoms with Gasteiger partial charge in [0.05, 0.1) is 19.4 Å². The summed E-state index contributed by atoms with van der Waals surface area (Å²) in [6.45, 7) is 4.93. The molecule has 0 saturated carbocycles. The van der Waals surface area contributed by atoms with Crippen LogP contribution in [0.3, 0.4) is 0 Å². The van der Waals surface area contributed by atoms with Gasteiger partial charge in [-0.2, -0.15) is 5.10 Å². The molecule has 1 aromatic carbocycles. The van der Waals surface area contributed by atoms with Crippen molar-refractivity contribution in [1.29, 1.82) is 0 Å². The third-order valence-electron chi connectivity index (χ3n) is 2.03. The number of benzene rings is 1. The maximum Gasteiger partial charge on any atom is 0.211 e. The minimum Gasteiger partial charge on any atom is -0.490 e. The van der Waals surface area contributed by atoms with Gasteiger partial charge in [0.25, 0.3) is 0 Å². The van der Waals surface area contributed by atoms with Crippen LogP contribution in [0.5, 0.6) is 11.5 Å². The van der Waals surface area contributed by atoms with Gasteiger partial charge >= 0.3 is 0 Å². The maximum atomic E-state index is 5.52. The Morgan fingerprint density at radius 1 is 1.21 bits per heavy atom. The summed E-state index contributed by atoms with van der Waals surface area (Å²) in [5.74, 6) is 1.23. The van der Waals surface area contributed by atoms with Crippen LogP contribution in [0.2, 0.25) is 0 Å². The van der Waals surface area contributed by atoms with E-state index in [1.165, 1.54) is 6.21 Å². The molecule has 0 aliphatic rings. The van der Waals surface area contributed by atoms with Crippen molar-refractivity contribution < 1.29 is 9.47 Å². The van der Waals surface area contributed by atoms with Crippen molar-refractivity contribution in [3.05, 3.63) is 22.2 Å². The molecule has 0 amide bonds. The molecule has 0 radical (unpaired) electrons. The molecule has 7 heteroatoms. The van der Waals surface area contributed by atoms with Gasteiger partial charge < -0.3 is 20.9 Å². The molecule has 6 nitrogen and oxygen atoms in total. The van der Waals surface area contributed by atoms with E-state index in [-0.39, 0.29) is 5.96 Å². The Morgan fingerprint density at radius 3 is 2.32 bits per heavy atom. The molecule has 0 unspecified atom stereocenters. The van der Waals surface area contributed by atoms with Gasteiger partial charge in [-0.25, -0.2) is 0 Å². The zero-order chi connectivity index (χ0) is 14.3. The number of nitrogens with zero attached hydrogens (tertiary/aromatic N) is 2. The summed E-state index contributed by atoms with van der Waals surface area (Å²) in [5.41, 5.74) is 11.2. The molecule has 1 rings (SSSR count). The van der Waals surface area contributed by atoms with E-state index in [1.54, 1.807) is 0 Å². The summed E-state index contributed by atoms with van der Waals surface area (Å²) in [7, 11) is 0. The maximum absolute atomic E-state index is 5.52. The molecular weight excluding hydrogens is 312 g/mol. The van der Waals surface area contributed by atoms with Crippen LogP contribution in [0.1, 0.15) is 19.4 Å². The van der Waals surface area contributed by atoms with Gasteiger partial charge in [-0.15, -0.1) is 5.10 Å². The molecule has 0 aliphatic heterocycles. The van der Waals surface area contributed by atoms with E-state index in [1.807, 2.05) is 26.0 Å². The van der Waals surface area contributed by atoms with Gasteiger partial charge in [0, 0.05) is 10.0 Å². The number of hydrogen-bond donors (Lipinski definition) is 2. The van der Waals surface area contributed by atoms with Crippen molar-refractivity contribution >= 4 is 28.1 Å². The second-order valence-corrected chi connectivity index (χ2v) is 4.31. The predicted octanol–water partition coefficient (Wildman–Crippen LogP) is 1.85. The Morgan fingerprint density at radius 2 is 1.79 bits per heavy atom. The molecule has 0 atom stereocenters. The van der Waals surface area contributed by atoms with Crippen LogP contribution in [-0.4, -0.2) is 25.4 Å². The van der Waals surface area contributed by atoms with Crippen LogP contribution in [0.4, 0.5) is 0 Å². The van der Waals surface area contributed by atoms with Gasteiger partial charge in [-0.05, 0) is 41.9 Å². The molecule has 104 valence electrons. The minimum absolute atomic E-state index is 0.0941. The lowest BCUT2D eigenvalue weighted by Crippen LogP contribution is -2.21. The second kappa shape index (κ2) is 7.63. The zero-order valence-electron chi connectivity index (χ0n) is 10.9. The molecule has 1 aromatic rings. The topological polar surface area (TPSA) is 95.2 Å². The first-order chi connectivity index (χ1) is 9.08. The normalized spacial score (nSPS) is 10.5. The standard InChI is InChI=1S/C12H17BrN4O2/c1-3-18-10-5-8(7-16-17-12(14)15)9(13)6-11(10)19-4-2/h5-7H,3-4H2,1-2H3,(H4,14,15,17). The summed E-state index contributed by atoms with van der Waals surface area (Å²) >= 11 is 3.43. The highest BCUT2D eigenvalue weighted by Crippen LogP contribution is 2.33. The fraction of sp³-hybridized carbons (Fsp3) is 0.333. The van der Waals surface area contributed by atoms with Crippen LogP contribution in [0.25, 0.3) is 0 Å². The van der Waals surface area contributed by atoms with Gasteiger partial charge in [0.1, 0.15) is 0 Å². The summed E-state index contributed by atoms with van der Waals surface area (Å²) in [6, 6.07) is 3.63. The van der Waals surface area contributed by atoms with E-state index in [9.17, 15) is 0 Å². The number of nitrogens with two attached hydrogens (primary N) is 2. The predicted molar refractivity (Wildman–Crippen MR) is 79.9 cm³/mol. The Kier molecular flexibility index (Phi) is 6.14. The fourth-order valence-corrected chi connectivity index (χ4v) is 1.77. The van der Waals surface area contributed by atoms with Crippen molar-refractivity contribution in [3.63, 3.8) is 0 Å². The summed E-state index contributed by atoms with van der Waals surface area (Å²) in [4.78, 5) is 0. The van der Waals surface area contributed by atoms with Crippen LogP contribution >= 0.6 is 15.9 Å². The third kappa shape index (κ3) is 4.78. The summed E-state index contributed by atoms with van der Waals surface area (Å²) in [6.07, 6.45) is 1.53. The first-order valence-corrected chi connectivity index (χ1v) is 6.58. The molecule has 0 aromatic heterocycles. The van der Waals surface area contributed by atoms with Crippen molar-refractivity contribution in [1.82, 2.24) is 0 Å². The van der Waals surface area contributed by atoms with Gasteiger partial charge in [0.2, 0.25) is 5.96 Å². The lowest BCUT2D eigenvalue weighted by Gasteiger charge is -2.12. The van der Waals surface area contributed by atoms with Crippen molar-refractivity contribution in [3.8, 4) is 11.5 Å². The number of rotatable bonds is 6. The van der Waals surface area contributed by atoms with E-state index in [2.05, 4.69) is 26.1 Å². The highest BCUT2D eigenvalue weighted by Gasteiger charge is 2.09. The Labute approximate surface area is 120 Å². The molecule has 0 aliphatic carbocycles. The first-order valence-electron chi connectivity index (χ1n) is 5.79. The number of halogens is 1. The molecule has 4 N–H and O–H groups in total. The van der Waals surface area contributed by atoms with E-state index in [0.717, 1.165) is 10.0 Å². The van der Waals surface area contributed by atoms with Crippen LogP contribution in [0, 0.1) is 0 Å². The Hall–Kier alpha value is -1.76. The summed E-state index contributed by atoms with van der Waals surface area (Å²) < 4.78 is 11.8. The van der Waals surface area contributed by atoms with Crippen LogP contribution < -0.4 is 20.9 Å². The van der Waals surface area contributed by atoms with E-state index >= 15 is 0 Å². The third-order valence-corrected chi connectivity index (χ3v) is 2.72. The number of ether oxygens (including phenoxy) is 2. The molecule has 0 heterocycles. The number of guanidine groups is 1. The van der Waals surface area contributed by atoms with E-state index in [0.29, 0.717) is 24.7 Å². The lowest BCUT2D eigenvalue weighted by atomic mass is 10.2. The quantitative estimate of drug-likeness (QED) is 0.473. The largest absolute Gasteiger partial charge is 0.490 e. The number of hydrogen-bond acceptors (Lipinski definition) is 4. The highest BCUT2D eigenvalue weighted by atomic mass is 79.9. The first kappa shape index (κ1) is 15.3. The van der Waals surface area contributed by atoms with Crippen molar-refractivity contribution in [2.45, 2.75) is 13.8 Å². The molecule has 0 fully saturated rings. The molecule has 19 heavy (non-hydrogen) atoms. The molecule has 0 saturated heterocycles. The van der Waals surface area contributed by atoms with Crippen LogP contribution in [0.15, 0.2) is 26.8 Å². The SMILES string of the molecule is CCOc1cc(Br)c(C=NN=C(N)N)cc1OCC. The van der Waals surface area contributed by atoms with E-state index in [4.69, 9.17) is 20.9 Å². The Balaban J connectivity index is 3.09. The molecule has 0 spiro atoms. The molecular formula is C12H17BrN4O2. The lowest BCUT2D eigenvalue weighted by molar-refractivity contribution is 0.287. The van der Waals surface area contributed by atoms with Crippen molar-refractivity contribution in [2.75, 3.05) is 13.2 Å². The average molecular weight is 329 g/mol. The Bertz CT molecular complexity index is 485.